The average Bonchev–Trinajstić information content (AvgIpc) is 3.57. The lowest BCUT2D eigenvalue weighted by atomic mass is 9.63. The first-order valence-electron chi connectivity index (χ1n) is 13.4. The molecule has 3 heterocycles. The highest BCUT2D eigenvalue weighted by Gasteiger charge is 2.44. The number of fused-ring (bicyclic) bond motifs is 1. The maximum atomic E-state index is 13.8. The molecule has 0 N–H and O–H groups in total. The number of anilines is 1. The van der Waals surface area contributed by atoms with Gasteiger partial charge in [-0.05, 0) is 73.8 Å². The molecule has 2 aromatic heterocycles. The molecule has 0 radical (unpaired) electrons. The summed E-state index contributed by atoms with van der Waals surface area (Å²) in [6, 6.07) is 12.4. The van der Waals surface area contributed by atoms with Crippen LogP contribution in [0.15, 0.2) is 59.3 Å². The largest absolute Gasteiger partial charge is 0.417 e. The second-order valence-electron chi connectivity index (χ2n) is 11.4. The number of hydrogen-bond acceptors (Lipinski definition) is 3. The van der Waals surface area contributed by atoms with Crippen molar-refractivity contribution in [1.82, 2.24) is 9.72 Å². The molecular formula is C31H30F3N3O. The van der Waals surface area contributed by atoms with E-state index in [0.717, 1.165) is 68.2 Å². The summed E-state index contributed by atoms with van der Waals surface area (Å²) in [5.74, 6) is 1.03. The maximum Gasteiger partial charge on any atom is 0.417 e. The first kappa shape index (κ1) is 23.6. The summed E-state index contributed by atoms with van der Waals surface area (Å²) in [5, 5.41) is 5.51. The van der Waals surface area contributed by atoms with Gasteiger partial charge in [-0.15, -0.1) is 0 Å². The summed E-state index contributed by atoms with van der Waals surface area (Å²) in [7, 11) is 2.09. The fraction of sp³-hybridized carbons (Fsp3) is 0.387. The third kappa shape index (κ3) is 3.77. The second-order valence-corrected chi connectivity index (χ2v) is 11.4. The number of rotatable bonds is 4. The van der Waals surface area contributed by atoms with E-state index in [1.807, 2.05) is 0 Å². The number of nitrogens with zero attached hydrogens (tertiary/aromatic N) is 3. The lowest BCUT2D eigenvalue weighted by Gasteiger charge is -2.47. The number of hydrogen-bond donors (Lipinski definition) is 0. The highest BCUT2D eigenvalue weighted by molar-refractivity contribution is 5.87. The number of alkyl halides is 3. The molecule has 196 valence electrons. The van der Waals surface area contributed by atoms with E-state index >= 15 is 0 Å². The molecule has 0 amide bonds. The predicted octanol–water partition coefficient (Wildman–Crippen LogP) is 8.11. The molecule has 7 heteroatoms. The van der Waals surface area contributed by atoms with Gasteiger partial charge in [-0.2, -0.15) is 13.2 Å². The van der Waals surface area contributed by atoms with Gasteiger partial charge in [0.25, 0.3) is 0 Å². The van der Waals surface area contributed by atoms with E-state index in [4.69, 9.17) is 4.52 Å². The SMILES string of the molecule is Cc1cn(C)c2cc(N3CCC4(C=C(c5c(-c6ccccc6C(F)(F)F)noc5C5CC5)C4)CC3)ccc12. The Hall–Kier alpha value is -3.48. The molecule has 0 atom stereocenters. The number of piperidine rings is 1. The van der Waals surface area contributed by atoms with Crippen LogP contribution in [0.1, 0.15) is 60.5 Å². The highest BCUT2D eigenvalue weighted by Crippen LogP contribution is 2.56. The summed E-state index contributed by atoms with van der Waals surface area (Å²) < 4.78 is 49.4. The lowest BCUT2D eigenvalue weighted by Crippen LogP contribution is -2.42. The van der Waals surface area contributed by atoms with Crippen molar-refractivity contribution in [3.05, 3.63) is 77.2 Å². The summed E-state index contributed by atoms with van der Waals surface area (Å²) in [6.07, 6.45) is 4.95. The summed E-state index contributed by atoms with van der Waals surface area (Å²) in [6.45, 7) is 4.06. The predicted molar refractivity (Wildman–Crippen MR) is 143 cm³/mol. The fourth-order valence-electron chi connectivity index (χ4n) is 6.54. The van der Waals surface area contributed by atoms with Crippen molar-refractivity contribution in [2.24, 2.45) is 12.5 Å². The van der Waals surface area contributed by atoms with Gasteiger partial charge in [0.1, 0.15) is 11.5 Å². The third-order valence-corrected chi connectivity index (χ3v) is 8.80. The van der Waals surface area contributed by atoms with Crippen LogP contribution >= 0.6 is 0 Å². The van der Waals surface area contributed by atoms with Gasteiger partial charge in [-0.1, -0.05) is 35.5 Å². The molecule has 4 aromatic rings. The highest BCUT2D eigenvalue weighted by atomic mass is 19.4. The van der Waals surface area contributed by atoms with Crippen LogP contribution in [0.3, 0.4) is 0 Å². The number of halogens is 3. The zero-order chi connectivity index (χ0) is 26.2. The zero-order valence-corrected chi connectivity index (χ0v) is 21.6. The molecule has 1 aliphatic heterocycles. The molecule has 2 aliphatic carbocycles. The van der Waals surface area contributed by atoms with Crippen molar-refractivity contribution >= 4 is 22.2 Å². The number of aryl methyl sites for hydroxylation is 2. The van der Waals surface area contributed by atoms with E-state index in [2.05, 4.69) is 59.1 Å². The smallest absolute Gasteiger partial charge is 0.371 e. The van der Waals surface area contributed by atoms with Crippen molar-refractivity contribution in [1.29, 1.82) is 0 Å². The van der Waals surface area contributed by atoms with Crippen molar-refractivity contribution < 1.29 is 17.7 Å². The molecule has 0 bridgehead atoms. The van der Waals surface area contributed by atoms with Gasteiger partial charge in [0, 0.05) is 54.5 Å². The molecule has 1 saturated carbocycles. The van der Waals surface area contributed by atoms with Crippen molar-refractivity contribution in [2.45, 2.75) is 51.1 Å². The fourth-order valence-corrected chi connectivity index (χ4v) is 6.54. The van der Waals surface area contributed by atoms with Crippen LogP contribution in [0.4, 0.5) is 18.9 Å². The van der Waals surface area contributed by atoms with Crippen LogP contribution in [0.5, 0.6) is 0 Å². The minimum atomic E-state index is -4.45. The standard InChI is InChI=1S/C31H30F3N3O/c1-19-18-36(2)26-15-22(9-10-23(19)26)37-13-11-30(12-14-37)16-21(17-30)27-28(35-38-29(27)20-7-8-20)24-5-3-4-6-25(24)31(32,33)34/h3-6,9-10,15-16,18,20H,7-8,11-14,17H2,1-2H3. The Morgan fingerprint density at radius 3 is 2.50 bits per heavy atom. The van der Waals surface area contributed by atoms with Gasteiger partial charge < -0.3 is 14.0 Å². The maximum absolute atomic E-state index is 13.8. The third-order valence-electron chi connectivity index (χ3n) is 8.80. The number of benzene rings is 2. The molecule has 3 aliphatic rings. The Kier molecular flexibility index (Phi) is 5.13. The molecule has 7 rings (SSSR count). The van der Waals surface area contributed by atoms with E-state index in [-0.39, 0.29) is 16.9 Å². The van der Waals surface area contributed by atoms with E-state index in [9.17, 15) is 13.2 Å². The van der Waals surface area contributed by atoms with Crippen molar-refractivity contribution in [2.75, 3.05) is 18.0 Å². The Balaban J connectivity index is 1.16. The molecule has 1 saturated heterocycles. The summed E-state index contributed by atoms with van der Waals surface area (Å²) in [4.78, 5) is 2.46. The Bertz CT molecular complexity index is 1580. The topological polar surface area (TPSA) is 34.2 Å². The monoisotopic (exact) mass is 517 g/mol. The summed E-state index contributed by atoms with van der Waals surface area (Å²) >= 11 is 0. The minimum Gasteiger partial charge on any atom is -0.371 e. The molecule has 38 heavy (non-hydrogen) atoms. The minimum absolute atomic E-state index is 0.0937. The van der Waals surface area contributed by atoms with E-state index < -0.39 is 11.7 Å². The quantitative estimate of drug-likeness (QED) is 0.274. The van der Waals surface area contributed by atoms with Crippen LogP contribution in [0, 0.1) is 12.3 Å². The average molecular weight is 518 g/mol. The van der Waals surface area contributed by atoms with Crippen LogP contribution in [-0.4, -0.2) is 22.8 Å². The van der Waals surface area contributed by atoms with Crippen molar-refractivity contribution in [3.8, 4) is 11.3 Å². The summed E-state index contributed by atoms with van der Waals surface area (Å²) in [5.41, 5.74) is 5.56. The number of aromatic nitrogens is 2. The van der Waals surface area contributed by atoms with Gasteiger partial charge in [0.2, 0.25) is 0 Å². The molecule has 0 unspecified atom stereocenters. The van der Waals surface area contributed by atoms with Crippen LogP contribution in [-0.2, 0) is 13.2 Å². The van der Waals surface area contributed by atoms with E-state index in [0.29, 0.717) is 5.69 Å². The Morgan fingerprint density at radius 2 is 1.79 bits per heavy atom. The normalized spacial score (nSPS) is 19.2. The van der Waals surface area contributed by atoms with Crippen molar-refractivity contribution in [3.63, 3.8) is 0 Å². The lowest BCUT2D eigenvalue weighted by molar-refractivity contribution is -0.137. The second kappa shape index (κ2) is 8.26. The van der Waals surface area contributed by atoms with E-state index in [1.54, 1.807) is 6.07 Å². The van der Waals surface area contributed by atoms with Gasteiger partial charge in [-0.25, -0.2) is 0 Å². The van der Waals surface area contributed by atoms with Gasteiger partial charge in [-0.3, -0.25) is 0 Å². The van der Waals surface area contributed by atoms with E-state index in [1.165, 1.54) is 34.3 Å². The first-order valence-corrected chi connectivity index (χ1v) is 13.4. The molecule has 1 spiro atoms. The van der Waals surface area contributed by atoms with Crippen LogP contribution < -0.4 is 4.90 Å². The Morgan fingerprint density at radius 1 is 1.05 bits per heavy atom. The van der Waals surface area contributed by atoms with Gasteiger partial charge in [0.05, 0.1) is 11.1 Å². The number of allylic oxidation sites excluding steroid dienone is 2. The zero-order valence-electron chi connectivity index (χ0n) is 21.6. The van der Waals surface area contributed by atoms with Gasteiger partial charge >= 0.3 is 6.18 Å². The van der Waals surface area contributed by atoms with Gasteiger partial charge in [0.15, 0.2) is 0 Å². The molecule has 4 nitrogen and oxygen atoms in total. The first-order chi connectivity index (χ1) is 18.2. The van der Waals surface area contributed by atoms with Crippen LogP contribution in [0.2, 0.25) is 0 Å². The molecule has 2 aromatic carbocycles. The van der Waals surface area contributed by atoms with Crippen LogP contribution in [0.25, 0.3) is 27.7 Å². The molecular weight excluding hydrogens is 487 g/mol. The molecule has 2 fully saturated rings. The Labute approximate surface area is 219 Å².